The zero-order chi connectivity index (χ0) is 17.8. The molecular weight excluding hydrogens is 337 g/mol. The molecule has 0 radical (unpaired) electrons. The van der Waals surface area contributed by atoms with E-state index < -0.39 is 0 Å². The van der Waals surface area contributed by atoms with E-state index in [1.54, 1.807) is 23.2 Å². The van der Waals surface area contributed by atoms with Crippen LogP contribution in [-0.4, -0.2) is 27.4 Å². The number of hydrogen-bond acceptors (Lipinski definition) is 4. The van der Waals surface area contributed by atoms with Gasteiger partial charge in [-0.1, -0.05) is 53.7 Å². The zero-order valence-electron chi connectivity index (χ0n) is 14.0. The summed E-state index contributed by atoms with van der Waals surface area (Å²) in [5, 5.41) is 8.69. The van der Waals surface area contributed by atoms with Crippen LogP contribution in [0.15, 0.2) is 58.7 Å². The number of carbonyl (C=O) groups excluding carboxylic acids is 1. The van der Waals surface area contributed by atoms with Gasteiger partial charge in [-0.2, -0.15) is 5.10 Å². The molecule has 25 heavy (non-hydrogen) atoms. The van der Waals surface area contributed by atoms with Gasteiger partial charge in [-0.15, -0.1) is 5.10 Å². The van der Waals surface area contributed by atoms with E-state index in [0.717, 1.165) is 11.1 Å². The average Bonchev–Trinajstić information content (AvgIpc) is 2.86. The molecule has 2 aromatic rings. The highest BCUT2D eigenvalue weighted by Gasteiger charge is 2.35. The van der Waals surface area contributed by atoms with Gasteiger partial charge in [0.15, 0.2) is 5.17 Å². The van der Waals surface area contributed by atoms with E-state index >= 15 is 0 Å². The SMILES string of the molecule is Cc1ccc(/C=N\N=C2\S[C@H](C)C(=O)N2Cc2ccc(F)cc2)cc1. The van der Waals surface area contributed by atoms with Crippen molar-refractivity contribution in [1.29, 1.82) is 0 Å². The van der Waals surface area contributed by atoms with Crippen LogP contribution in [0.4, 0.5) is 4.39 Å². The number of amides is 1. The van der Waals surface area contributed by atoms with Gasteiger partial charge in [0.2, 0.25) is 5.91 Å². The number of hydrogen-bond donors (Lipinski definition) is 0. The smallest absolute Gasteiger partial charge is 0.242 e. The number of aryl methyl sites for hydroxylation is 1. The summed E-state index contributed by atoms with van der Waals surface area (Å²) < 4.78 is 13.0. The number of amidine groups is 1. The van der Waals surface area contributed by atoms with Crippen molar-refractivity contribution in [2.24, 2.45) is 10.2 Å². The van der Waals surface area contributed by atoms with Gasteiger partial charge in [-0.25, -0.2) is 4.39 Å². The van der Waals surface area contributed by atoms with Gasteiger partial charge in [0.1, 0.15) is 5.82 Å². The van der Waals surface area contributed by atoms with Crippen LogP contribution in [0.2, 0.25) is 0 Å². The monoisotopic (exact) mass is 355 g/mol. The highest BCUT2D eigenvalue weighted by atomic mass is 32.2. The molecule has 1 atom stereocenters. The minimum Gasteiger partial charge on any atom is -0.284 e. The van der Waals surface area contributed by atoms with Gasteiger partial charge in [0.25, 0.3) is 0 Å². The van der Waals surface area contributed by atoms with Gasteiger partial charge < -0.3 is 0 Å². The molecule has 3 rings (SSSR count). The van der Waals surface area contributed by atoms with Crippen molar-refractivity contribution in [3.63, 3.8) is 0 Å². The Morgan fingerprint density at radius 1 is 1.16 bits per heavy atom. The lowest BCUT2D eigenvalue weighted by atomic mass is 10.2. The van der Waals surface area contributed by atoms with Gasteiger partial charge in [-0.3, -0.25) is 9.69 Å². The van der Waals surface area contributed by atoms with Crippen LogP contribution in [0.3, 0.4) is 0 Å². The minimum absolute atomic E-state index is 0.0152. The first-order chi connectivity index (χ1) is 12.0. The second-order valence-corrected chi connectivity index (χ2v) is 7.16. The molecule has 0 unspecified atom stereocenters. The Balaban J connectivity index is 1.76. The molecule has 1 amide bonds. The summed E-state index contributed by atoms with van der Waals surface area (Å²) in [6.45, 7) is 4.23. The first-order valence-electron chi connectivity index (χ1n) is 7.93. The molecule has 0 bridgehead atoms. The third-order valence-electron chi connectivity index (χ3n) is 3.81. The maximum absolute atomic E-state index is 13.0. The largest absolute Gasteiger partial charge is 0.284 e. The van der Waals surface area contributed by atoms with E-state index in [-0.39, 0.29) is 17.0 Å². The van der Waals surface area contributed by atoms with E-state index in [1.165, 1.54) is 29.5 Å². The molecule has 0 saturated carbocycles. The molecule has 4 nitrogen and oxygen atoms in total. The summed E-state index contributed by atoms with van der Waals surface area (Å²) in [5.41, 5.74) is 2.97. The molecule has 1 aliphatic heterocycles. The van der Waals surface area contributed by atoms with Crippen molar-refractivity contribution in [2.45, 2.75) is 25.6 Å². The molecule has 6 heteroatoms. The number of carbonyl (C=O) groups is 1. The molecule has 0 aromatic heterocycles. The lowest BCUT2D eigenvalue weighted by Crippen LogP contribution is -2.30. The molecule has 0 N–H and O–H groups in total. The fourth-order valence-corrected chi connectivity index (χ4v) is 3.30. The number of thioether (sulfide) groups is 1. The lowest BCUT2D eigenvalue weighted by Gasteiger charge is -2.15. The Bertz CT molecular complexity index is 816. The Labute approximate surface area is 150 Å². The highest BCUT2D eigenvalue weighted by molar-refractivity contribution is 8.15. The summed E-state index contributed by atoms with van der Waals surface area (Å²) in [4.78, 5) is 13.9. The summed E-state index contributed by atoms with van der Waals surface area (Å²) >= 11 is 1.38. The zero-order valence-corrected chi connectivity index (χ0v) is 14.8. The molecule has 1 fully saturated rings. The second kappa shape index (κ2) is 7.61. The Hall–Kier alpha value is -2.47. The predicted molar refractivity (Wildman–Crippen MR) is 100 cm³/mol. The van der Waals surface area contributed by atoms with Gasteiger partial charge >= 0.3 is 0 Å². The van der Waals surface area contributed by atoms with E-state index in [9.17, 15) is 9.18 Å². The van der Waals surface area contributed by atoms with E-state index in [2.05, 4.69) is 10.2 Å². The fraction of sp³-hybridized carbons (Fsp3) is 0.211. The quantitative estimate of drug-likeness (QED) is 0.615. The fourth-order valence-electron chi connectivity index (χ4n) is 2.38. The summed E-state index contributed by atoms with van der Waals surface area (Å²) in [6.07, 6.45) is 1.66. The molecule has 2 aromatic carbocycles. The number of rotatable bonds is 4. The Kier molecular flexibility index (Phi) is 5.28. The van der Waals surface area contributed by atoms with Gasteiger partial charge in [-0.05, 0) is 37.1 Å². The Morgan fingerprint density at radius 2 is 1.84 bits per heavy atom. The Morgan fingerprint density at radius 3 is 2.52 bits per heavy atom. The molecule has 1 saturated heterocycles. The van der Waals surface area contributed by atoms with Crippen LogP contribution in [-0.2, 0) is 11.3 Å². The maximum Gasteiger partial charge on any atom is 0.242 e. The van der Waals surface area contributed by atoms with Gasteiger partial charge in [0.05, 0.1) is 18.0 Å². The standard InChI is InChI=1S/C19H18FN3OS/c1-13-3-5-15(6-4-13)11-21-22-19-23(18(24)14(2)25-19)12-16-7-9-17(20)10-8-16/h3-11,14H,12H2,1-2H3/b21-11-,22-19+/t14-/m1/s1. The number of halogens is 1. The molecule has 128 valence electrons. The topological polar surface area (TPSA) is 45.0 Å². The third-order valence-corrected chi connectivity index (χ3v) is 4.88. The normalized spacial score (nSPS) is 19.3. The van der Waals surface area contributed by atoms with Crippen molar-refractivity contribution < 1.29 is 9.18 Å². The molecule has 0 aliphatic carbocycles. The predicted octanol–water partition coefficient (Wildman–Crippen LogP) is 3.99. The van der Waals surface area contributed by atoms with Crippen LogP contribution in [0.5, 0.6) is 0 Å². The molecular formula is C19H18FN3OS. The molecule has 0 spiro atoms. The first kappa shape index (κ1) is 17.4. The first-order valence-corrected chi connectivity index (χ1v) is 8.81. The number of benzene rings is 2. The van der Waals surface area contributed by atoms with Crippen molar-refractivity contribution in [3.8, 4) is 0 Å². The van der Waals surface area contributed by atoms with Crippen LogP contribution >= 0.6 is 11.8 Å². The maximum atomic E-state index is 13.0. The van der Waals surface area contributed by atoms with Crippen molar-refractivity contribution in [3.05, 3.63) is 71.0 Å². The highest BCUT2D eigenvalue weighted by Crippen LogP contribution is 2.28. The lowest BCUT2D eigenvalue weighted by molar-refractivity contribution is -0.126. The third kappa shape index (κ3) is 4.33. The van der Waals surface area contributed by atoms with E-state index in [0.29, 0.717) is 11.7 Å². The van der Waals surface area contributed by atoms with Crippen LogP contribution in [0, 0.1) is 12.7 Å². The van der Waals surface area contributed by atoms with Gasteiger partial charge in [0, 0.05) is 0 Å². The van der Waals surface area contributed by atoms with Crippen molar-refractivity contribution in [2.75, 3.05) is 0 Å². The van der Waals surface area contributed by atoms with Crippen LogP contribution in [0.25, 0.3) is 0 Å². The molecule has 1 heterocycles. The van der Waals surface area contributed by atoms with Crippen molar-refractivity contribution in [1.82, 2.24) is 4.90 Å². The summed E-state index contributed by atoms with van der Waals surface area (Å²) in [7, 11) is 0. The number of nitrogens with zero attached hydrogens (tertiary/aromatic N) is 3. The van der Waals surface area contributed by atoms with Crippen molar-refractivity contribution >= 4 is 29.1 Å². The second-order valence-electron chi connectivity index (χ2n) is 5.85. The summed E-state index contributed by atoms with van der Waals surface area (Å²) in [6, 6.07) is 14.1. The van der Waals surface area contributed by atoms with Crippen LogP contribution in [0.1, 0.15) is 23.6 Å². The average molecular weight is 355 g/mol. The summed E-state index contributed by atoms with van der Waals surface area (Å²) in [5.74, 6) is -0.311. The minimum atomic E-state index is -0.296. The molecule has 1 aliphatic rings. The van der Waals surface area contributed by atoms with E-state index in [1.807, 2.05) is 38.1 Å². The van der Waals surface area contributed by atoms with E-state index in [4.69, 9.17) is 0 Å². The van der Waals surface area contributed by atoms with Crippen LogP contribution < -0.4 is 0 Å².